The number of benzene rings is 2. The molecular formula is C24H33ClF2N4O2. The Balaban J connectivity index is 0.00000187. The van der Waals surface area contributed by atoms with Gasteiger partial charge in [-0.2, -0.15) is 0 Å². The van der Waals surface area contributed by atoms with Crippen LogP contribution in [0.2, 0.25) is 5.02 Å². The van der Waals surface area contributed by atoms with Crippen molar-refractivity contribution in [2.24, 2.45) is 11.1 Å². The lowest BCUT2D eigenvalue weighted by atomic mass is 9.88. The largest absolute Gasteiger partial charge is 0.487 e. The van der Waals surface area contributed by atoms with Gasteiger partial charge in [0, 0.05) is 13.1 Å². The molecule has 9 heteroatoms. The monoisotopic (exact) mass is 482 g/mol. The zero-order chi connectivity index (χ0) is 24.9. The van der Waals surface area contributed by atoms with E-state index < -0.39 is 18.9 Å². The number of alkyl halides is 2. The number of fused-ring (bicyclic) bond motifs is 1. The van der Waals surface area contributed by atoms with E-state index in [1.807, 2.05) is 44.0 Å². The third kappa shape index (κ3) is 6.87. The second kappa shape index (κ2) is 10.9. The molecule has 4 N–H and O–H groups in total. The van der Waals surface area contributed by atoms with E-state index in [0.717, 1.165) is 17.7 Å². The van der Waals surface area contributed by atoms with Crippen LogP contribution >= 0.6 is 11.6 Å². The minimum atomic E-state index is -2.67. The van der Waals surface area contributed by atoms with Crippen molar-refractivity contribution in [1.29, 1.82) is 0 Å². The predicted octanol–water partition coefficient (Wildman–Crippen LogP) is 5.96. The number of rotatable bonds is 7. The zero-order valence-electron chi connectivity index (χ0n) is 19.9. The van der Waals surface area contributed by atoms with E-state index >= 15 is 0 Å². The Morgan fingerprint density at radius 1 is 1.27 bits per heavy atom. The molecule has 0 aliphatic carbocycles. The van der Waals surface area contributed by atoms with Crippen molar-refractivity contribution in [3.8, 4) is 5.75 Å². The number of nitrogens with two attached hydrogens (primary N) is 1. The molecule has 2 aromatic rings. The Bertz CT molecular complexity index is 980. The number of carbonyl (C=O) groups is 1. The minimum Gasteiger partial charge on any atom is -0.487 e. The quantitative estimate of drug-likeness (QED) is 0.454. The highest BCUT2D eigenvalue weighted by Gasteiger charge is 2.29. The third-order valence-corrected chi connectivity index (χ3v) is 5.17. The highest BCUT2D eigenvalue weighted by molar-refractivity contribution is 6.33. The Morgan fingerprint density at radius 3 is 2.52 bits per heavy atom. The zero-order valence-corrected chi connectivity index (χ0v) is 20.7. The van der Waals surface area contributed by atoms with Gasteiger partial charge < -0.3 is 26.0 Å². The first kappa shape index (κ1) is 26.5. The van der Waals surface area contributed by atoms with Crippen molar-refractivity contribution in [2.75, 3.05) is 29.2 Å². The number of ether oxygens (including phenoxy) is 1. The molecule has 3 rings (SSSR count). The minimum absolute atomic E-state index is 0.0195. The van der Waals surface area contributed by atoms with Gasteiger partial charge in [0.2, 0.25) is 0 Å². The molecular weight excluding hydrogens is 450 g/mol. The van der Waals surface area contributed by atoms with Crippen LogP contribution in [0.1, 0.15) is 50.5 Å². The van der Waals surface area contributed by atoms with Crippen LogP contribution < -0.4 is 26.0 Å². The highest BCUT2D eigenvalue weighted by atomic mass is 35.5. The molecule has 0 radical (unpaired) electrons. The number of halogens is 3. The molecule has 2 aromatic carbocycles. The molecule has 0 bridgehead atoms. The van der Waals surface area contributed by atoms with Crippen LogP contribution in [0, 0.1) is 5.41 Å². The van der Waals surface area contributed by atoms with E-state index in [4.69, 9.17) is 22.1 Å². The fraction of sp³-hybridized carbons (Fsp3) is 0.458. The fourth-order valence-corrected chi connectivity index (χ4v) is 3.68. The third-order valence-electron chi connectivity index (χ3n) is 4.85. The predicted molar refractivity (Wildman–Crippen MR) is 132 cm³/mol. The summed E-state index contributed by atoms with van der Waals surface area (Å²) in [6.07, 6.45) is -2.16. The van der Waals surface area contributed by atoms with Gasteiger partial charge in [0.15, 0.2) is 6.29 Å². The molecule has 0 fully saturated rings. The topological polar surface area (TPSA) is 79.6 Å². The molecule has 1 atom stereocenters. The summed E-state index contributed by atoms with van der Waals surface area (Å²) < 4.78 is 30.3. The number of primary amides is 1. The summed E-state index contributed by atoms with van der Waals surface area (Å²) in [5.41, 5.74) is 8.78. The second-order valence-electron chi connectivity index (χ2n) is 8.79. The van der Waals surface area contributed by atoms with Crippen LogP contribution in [0.4, 0.5) is 25.8 Å². The summed E-state index contributed by atoms with van der Waals surface area (Å²) in [7, 11) is 1.82. The Morgan fingerprint density at radius 2 is 1.94 bits per heavy atom. The SMILES string of the molecule is CC.CN1c2cc(OCC(F)F)c(C(N)=O)cc2NC1Nc1cc(CC(C)(C)C)ccc1Cl. The van der Waals surface area contributed by atoms with Crippen LogP contribution in [0.5, 0.6) is 5.75 Å². The van der Waals surface area contributed by atoms with E-state index in [1.165, 1.54) is 12.1 Å². The average Bonchev–Trinajstić information content (AvgIpc) is 3.03. The number of hydrogen-bond acceptors (Lipinski definition) is 5. The normalized spacial score (nSPS) is 14.8. The molecule has 33 heavy (non-hydrogen) atoms. The van der Waals surface area contributed by atoms with Crippen LogP contribution in [0.15, 0.2) is 30.3 Å². The van der Waals surface area contributed by atoms with Crippen LogP contribution in [-0.2, 0) is 6.42 Å². The number of nitrogens with one attached hydrogen (secondary N) is 2. The average molecular weight is 483 g/mol. The molecule has 0 spiro atoms. The van der Waals surface area contributed by atoms with Crippen molar-refractivity contribution in [3.63, 3.8) is 0 Å². The van der Waals surface area contributed by atoms with Crippen molar-refractivity contribution in [2.45, 2.75) is 53.8 Å². The van der Waals surface area contributed by atoms with Gasteiger partial charge >= 0.3 is 0 Å². The van der Waals surface area contributed by atoms with E-state index in [-0.39, 0.29) is 23.0 Å². The smallest absolute Gasteiger partial charge is 0.272 e. The summed E-state index contributed by atoms with van der Waals surface area (Å²) in [6, 6.07) is 8.91. The molecule has 182 valence electrons. The van der Waals surface area contributed by atoms with Gasteiger partial charge in [-0.15, -0.1) is 0 Å². The molecule has 1 amide bonds. The molecule has 1 unspecified atom stereocenters. The summed E-state index contributed by atoms with van der Waals surface area (Å²) in [6.45, 7) is 9.68. The van der Waals surface area contributed by atoms with Crippen LogP contribution in [-0.4, -0.2) is 32.3 Å². The number of anilines is 3. The summed E-state index contributed by atoms with van der Waals surface area (Å²) in [5.74, 6) is -0.739. The van der Waals surface area contributed by atoms with Crippen LogP contribution in [0.25, 0.3) is 0 Å². The standard InChI is InChI=1S/C22H27ClF2N4O2.C2H6/c1-22(2,3)10-12-5-6-14(23)15(7-12)27-21-28-16-8-13(20(26)30)18(31-11-19(24)25)9-17(16)29(21)4;1-2/h5-9,19,21,27-28H,10-11H2,1-4H3,(H2,26,30);1-2H3. The van der Waals surface area contributed by atoms with Gasteiger partial charge in [0.25, 0.3) is 12.3 Å². The second-order valence-corrected chi connectivity index (χ2v) is 9.19. The lowest BCUT2D eigenvalue weighted by molar-refractivity contribution is 0.0801. The Hall–Kier alpha value is -2.74. The van der Waals surface area contributed by atoms with Crippen molar-refractivity contribution < 1.29 is 18.3 Å². The summed E-state index contributed by atoms with van der Waals surface area (Å²) in [5, 5.41) is 7.19. The lowest BCUT2D eigenvalue weighted by Gasteiger charge is -2.25. The maximum absolute atomic E-state index is 12.6. The van der Waals surface area contributed by atoms with Gasteiger partial charge in [-0.3, -0.25) is 4.79 Å². The van der Waals surface area contributed by atoms with E-state index in [0.29, 0.717) is 16.4 Å². The first-order chi connectivity index (χ1) is 15.4. The van der Waals surface area contributed by atoms with Gasteiger partial charge in [0.05, 0.1) is 27.6 Å². The number of carbonyl (C=O) groups excluding carboxylic acids is 1. The number of amides is 1. The van der Waals surface area contributed by atoms with Crippen molar-refractivity contribution >= 4 is 34.6 Å². The van der Waals surface area contributed by atoms with Gasteiger partial charge in [-0.25, -0.2) is 8.78 Å². The summed E-state index contributed by atoms with van der Waals surface area (Å²) in [4.78, 5) is 13.7. The molecule has 0 saturated heterocycles. The lowest BCUT2D eigenvalue weighted by Crippen LogP contribution is -2.39. The maximum atomic E-state index is 12.6. The molecule has 0 aromatic heterocycles. The van der Waals surface area contributed by atoms with Gasteiger partial charge in [0.1, 0.15) is 12.4 Å². The van der Waals surface area contributed by atoms with E-state index in [9.17, 15) is 13.6 Å². The van der Waals surface area contributed by atoms with E-state index in [2.05, 4.69) is 31.4 Å². The van der Waals surface area contributed by atoms with Crippen molar-refractivity contribution in [1.82, 2.24) is 0 Å². The maximum Gasteiger partial charge on any atom is 0.272 e. The van der Waals surface area contributed by atoms with Crippen LogP contribution in [0.3, 0.4) is 0 Å². The molecule has 0 saturated carbocycles. The first-order valence-corrected chi connectivity index (χ1v) is 11.3. The number of hydrogen-bond donors (Lipinski definition) is 3. The first-order valence-electron chi connectivity index (χ1n) is 10.9. The Kier molecular flexibility index (Phi) is 8.77. The highest BCUT2D eigenvalue weighted by Crippen LogP contribution is 2.40. The molecule has 1 aliphatic rings. The Labute approximate surface area is 199 Å². The molecule has 1 aliphatic heterocycles. The number of nitrogens with zero attached hydrogens (tertiary/aromatic N) is 1. The molecule has 1 heterocycles. The summed E-state index contributed by atoms with van der Waals surface area (Å²) >= 11 is 6.41. The van der Waals surface area contributed by atoms with E-state index in [1.54, 1.807) is 0 Å². The van der Waals surface area contributed by atoms with Gasteiger partial charge in [-0.1, -0.05) is 52.3 Å². The fourth-order valence-electron chi connectivity index (χ4n) is 3.51. The van der Waals surface area contributed by atoms with Crippen molar-refractivity contribution in [3.05, 3.63) is 46.5 Å². The van der Waals surface area contributed by atoms with Gasteiger partial charge in [-0.05, 0) is 35.6 Å². The molecule has 6 nitrogen and oxygen atoms in total.